The van der Waals surface area contributed by atoms with Gasteiger partial charge in [-0.25, -0.2) is 8.42 Å². The number of sulfonamides is 1. The maximum atomic E-state index is 13.8. The van der Waals surface area contributed by atoms with Gasteiger partial charge in [0.05, 0.1) is 18.2 Å². The number of hydrogen-bond donors (Lipinski definition) is 3. The van der Waals surface area contributed by atoms with E-state index in [1.807, 2.05) is 48.8 Å². The summed E-state index contributed by atoms with van der Waals surface area (Å²) in [6.45, 7) is 2.01. The summed E-state index contributed by atoms with van der Waals surface area (Å²) in [5, 5.41) is 0.684. The van der Waals surface area contributed by atoms with Crippen LogP contribution in [0, 0.1) is 0 Å². The van der Waals surface area contributed by atoms with E-state index in [2.05, 4.69) is 10.0 Å². The van der Waals surface area contributed by atoms with Gasteiger partial charge in [-0.15, -0.1) is 0 Å². The molecule has 3 rings (SSSR count). The highest BCUT2D eigenvalue weighted by Gasteiger charge is 2.24. The number of rotatable bonds is 11. The Labute approximate surface area is 214 Å². The lowest BCUT2D eigenvalue weighted by Gasteiger charge is -2.18. The fourth-order valence-electron chi connectivity index (χ4n) is 3.40. The topological polar surface area (TPSA) is 120 Å². The van der Waals surface area contributed by atoms with E-state index < -0.39 is 21.3 Å². The molecule has 0 heterocycles. The molecule has 3 aromatic rings. The molecule has 8 nitrogen and oxygen atoms in total. The van der Waals surface area contributed by atoms with Gasteiger partial charge in [0.1, 0.15) is 16.4 Å². The summed E-state index contributed by atoms with van der Waals surface area (Å²) in [6.07, 6.45) is 0. The molecular weight excluding hydrogens is 523 g/mol. The van der Waals surface area contributed by atoms with Crippen LogP contribution >= 0.6 is 18.5 Å². The smallest absolute Gasteiger partial charge is 0.270 e. The van der Waals surface area contributed by atoms with Crippen LogP contribution in [0.2, 0.25) is 0 Å². The van der Waals surface area contributed by atoms with Crippen LogP contribution in [0.15, 0.2) is 77.7 Å². The lowest BCUT2D eigenvalue weighted by molar-refractivity contribution is -0.117. The van der Waals surface area contributed by atoms with Crippen LogP contribution in [0.25, 0.3) is 0 Å². The molecule has 0 saturated carbocycles. The van der Waals surface area contributed by atoms with Crippen LogP contribution < -0.4 is 25.2 Å². The lowest BCUT2D eigenvalue weighted by Crippen LogP contribution is -2.27. The summed E-state index contributed by atoms with van der Waals surface area (Å²) in [7, 11) is -0.365. The molecule has 0 fully saturated rings. The molecule has 0 aliphatic heterocycles. The van der Waals surface area contributed by atoms with Crippen molar-refractivity contribution in [2.24, 2.45) is 5.73 Å². The molecular formula is C24H28FN3O5P2S. The number of halogens is 1. The molecule has 0 bridgehead atoms. The minimum absolute atomic E-state index is 0.0527. The first kappa shape index (κ1) is 27.8. The van der Waals surface area contributed by atoms with Crippen molar-refractivity contribution in [1.29, 1.82) is 0 Å². The minimum Gasteiger partial charge on any atom is -0.492 e. The maximum Gasteiger partial charge on any atom is 0.270 e. The molecule has 192 valence electrons. The van der Waals surface area contributed by atoms with Crippen molar-refractivity contribution in [3.05, 3.63) is 78.4 Å². The number of carbonyl (C=O) groups is 1. The van der Waals surface area contributed by atoms with Gasteiger partial charge in [-0.2, -0.15) is 4.39 Å². The van der Waals surface area contributed by atoms with Crippen molar-refractivity contribution in [2.75, 3.05) is 23.2 Å². The molecule has 0 radical (unpaired) electrons. The molecule has 12 heteroatoms. The van der Waals surface area contributed by atoms with Crippen molar-refractivity contribution in [2.45, 2.75) is 23.1 Å². The Kier molecular flexibility index (Phi) is 9.25. The Morgan fingerprint density at radius 2 is 1.78 bits per heavy atom. The molecule has 0 aliphatic rings. The van der Waals surface area contributed by atoms with E-state index in [0.29, 0.717) is 5.69 Å². The molecule has 4 N–H and O–H groups in total. The van der Waals surface area contributed by atoms with E-state index in [0.717, 1.165) is 5.56 Å². The van der Waals surface area contributed by atoms with Gasteiger partial charge < -0.3 is 20.5 Å². The summed E-state index contributed by atoms with van der Waals surface area (Å²) in [4.78, 5) is 12.7. The molecule has 3 aromatic carbocycles. The van der Waals surface area contributed by atoms with E-state index in [4.69, 9.17) is 15.2 Å². The fraction of sp³-hybridized carbons (Fsp3) is 0.208. The maximum absolute atomic E-state index is 13.8. The van der Waals surface area contributed by atoms with E-state index in [9.17, 15) is 17.6 Å². The molecule has 0 aliphatic carbocycles. The Hall–Kier alpha value is -2.77. The van der Waals surface area contributed by atoms with Crippen LogP contribution in [0.5, 0.6) is 11.5 Å². The Balaban J connectivity index is 1.84. The van der Waals surface area contributed by atoms with E-state index in [1.54, 1.807) is 6.92 Å². The third-order valence-electron chi connectivity index (χ3n) is 4.92. The Morgan fingerprint density at radius 3 is 2.42 bits per heavy atom. The number of amides is 1. The van der Waals surface area contributed by atoms with Gasteiger partial charge in [-0.3, -0.25) is 9.52 Å². The predicted octanol–water partition coefficient (Wildman–Crippen LogP) is 4.28. The Bertz CT molecular complexity index is 1300. The van der Waals surface area contributed by atoms with Crippen LogP contribution in [-0.4, -0.2) is 32.8 Å². The van der Waals surface area contributed by atoms with Crippen molar-refractivity contribution >= 4 is 45.8 Å². The van der Waals surface area contributed by atoms with Crippen LogP contribution in [0.4, 0.5) is 15.8 Å². The zero-order valence-electron chi connectivity index (χ0n) is 19.5. The van der Waals surface area contributed by atoms with E-state index in [-0.39, 0.29) is 41.1 Å². The van der Waals surface area contributed by atoms with Gasteiger partial charge in [0, 0.05) is 24.4 Å². The van der Waals surface area contributed by atoms with Gasteiger partial charge >= 0.3 is 0 Å². The second kappa shape index (κ2) is 12.0. The quantitative estimate of drug-likeness (QED) is 0.306. The molecule has 0 saturated heterocycles. The number of nitrogens with one attached hydrogen (secondary N) is 2. The highest BCUT2D eigenvalue weighted by molar-refractivity contribution is 7.92. The first-order valence-electron chi connectivity index (χ1n) is 10.9. The summed E-state index contributed by atoms with van der Waals surface area (Å²) in [6, 6.07) is 19.2. The van der Waals surface area contributed by atoms with Crippen LogP contribution in [-0.2, 0) is 14.8 Å². The number of anilines is 2. The summed E-state index contributed by atoms with van der Waals surface area (Å²) in [5.41, 5.74) is 7.12. The van der Waals surface area contributed by atoms with Gasteiger partial charge in [0.2, 0.25) is 5.91 Å². The zero-order valence-corrected chi connectivity index (χ0v) is 22.6. The van der Waals surface area contributed by atoms with Crippen LogP contribution in [0.1, 0.15) is 18.4 Å². The van der Waals surface area contributed by atoms with Crippen molar-refractivity contribution in [3.8, 4) is 11.5 Å². The molecule has 0 spiro atoms. The first-order chi connectivity index (χ1) is 17.0. The van der Waals surface area contributed by atoms with Gasteiger partial charge in [-0.1, -0.05) is 36.4 Å². The number of nitrogens with two attached hydrogens (primary N) is 1. The largest absolute Gasteiger partial charge is 0.492 e. The summed E-state index contributed by atoms with van der Waals surface area (Å²) >= 11 is 0. The average molecular weight is 552 g/mol. The molecule has 3 atom stereocenters. The van der Waals surface area contributed by atoms with Crippen molar-refractivity contribution in [1.82, 2.24) is 0 Å². The van der Waals surface area contributed by atoms with Gasteiger partial charge in [0.25, 0.3) is 15.4 Å². The second-order valence-electron chi connectivity index (χ2n) is 7.72. The highest BCUT2D eigenvalue weighted by atomic mass is 32.2. The number of alkyl halides is 1. The Morgan fingerprint density at radius 1 is 1.06 bits per heavy atom. The van der Waals surface area contributed by atoms with Crippen molar-refractivity contribution < 1.29 is 27.1 Å². The van der Waals surface area contributed by atoms with E-state index in [1.165, 1.54) is 42.5 Å². The van der Waals surface area contributed by atoms with Crippen LogP contribution in [0.3, 0.4) is 0 Å². The molecule has 36 heavy (non-hydrogen) atoms. The first-order valence-corrected chi connectivity index (χ1v) is 13.6. The fourth-order valence-corrected chi connectivity index (χ4v) is 4.85. The van der Waals surface area contributed by atoms with E-state index >= 15 is 0 Å². The normalized spacial score (nSPS) is 12.5. The summed E-state index contributed by atoms with van der Waals surface area (Å²) in [5.74, 6) is -0.730. The number of benzene rings is 3. The average Bonchev–Trinajstić information content (AvgIpc) is 2.79. The molecule has 0 aromatic heterocycles. The zero-order chi connectivity index (χ0) is 26.3. The number of ether oxygens (including phenoxy) is 2. The van der Waals surface area contributed by atoms with Gasteiger partial charge in [0.15, 0.2) is 0 Å². The van der Waals surface area contributed by atoms with Crippen molar-refractivity contribution in [3.63, 3.8) is 0 Å². The monoisotopic (exact) mass is 551 g/mol. The summed E-state index contributed by atoms with van der Waals surface area (Å²) < 4.78 is 53.2. The third kappa shape index (κ3) is 7.61. The number of carbonyl (C=O) groups excluding carboxylic acids is 1. The highest BCUT2D eigenvalue weighted by Crippen LogP contribution is 2.34. The number of hydrogen-bond acceptors (Lipinski definition) is 6. The molecule has 3 unspecified atom stereocenters. The SMILES string of the molecule is CCOc1cc(NC(=O)C(CN)c2ccccc2)ccc1S(=O)(=O)Nc1cccc(OC(F)(P)P)c1. The predicted molar refractivity (Wildman–Crippen MR) is 146 cm³/mol. The second-order valence-corrected chi connectivity index (χ2v) is 11.6. The minimum atomic E-state index is -4.10. The van der Waals surface area contributed by atoms with Gasteiger partial charge in [-0.05, 0) is 55.2 Å². The third-order valence-corrected chi connectivity index (χ3v) is 6.57. The standard InChI is InChI=1S/C24H28FN3O5P2S/c1-2-32-21-14-17(27-23(29)20(15-26)16-7-4-3-5-8-16)11-12-22(21)36(30,31)28-18-9-6-10-19(13-18)33-24(25,34)35/h3-14,20,28H,2,15,26,34-35H2,1H3,(H,27,29). The molecule has 1 amide bonds. The lowest BCUT2D eigenvalue weighted by atomic mass is 9.98.